The van der Waals surface area contributed by atoms with Crippen LogP contribution in [0.4, 0.5) is 11.4 Å². The van der Waals surface area contributed by atoms with Gasteiger partial charge in [-0.3, -0.25) is 15.1 Å². The largest absolute Gasteiger partial charge is 0.478 e. The highest BCUT2D eigenvalue weighted by Crippen LogP contribution is 2.35. The SMILES string of the molecule is CC(C)(c1ccc(Oc2ccc(NOCc3cc(-c4ccccc4)ccc3C(=O)O)cc2)cc1)c1ccc(Oc2ccc(NC(=O)c3cc(-c4ccccc4)ccc3C(=O)O)cc2)cc1. The number of anilines is 2. The lowest BCUT2D eigenvalue weighted by atomic mass is 9.78. The Balaban J connectivity index is 0.836. The van der Waals surface area contributed by atoms with Crippen LogP contribution in [0.25, 0.3) is 22.3 Å². The second kappa shape index (κ2) is 19.3. The van der Waals surface area contributed by atoms with Gasteiger partial charge in [0.2, 0.25) is 0 Å². The van der Waals surface area contributed by atoms with E-state index in [4.69, 9.17) is 14.3 Å². The predicted molar refractivity (Wildman–Crippen MR) is 252 cm³/mol. The molecular formula is C55H44N2O8. The van der Waals surface area contributed by atoms with Crippen LogP contribution in [-0.2, 0) is 16.9 Å². The van der Waals surface area contributed by atoms with E-state index in [0.717, 1.165) is 33.4 Å². The fourth-order valence-corrected chi connectivity index (χ4v) is 7.37. The summed E-state index contributed by atoms with van der Waals surface area (Å²) in [6.07, 6.45) is 0. The number of carboxylic acid groups (broad SMARTS) is 2. The Morgan fingerprint density at radius 2 is 0.892 bits per heavy atom. The first-order chi connectivity index (χ1) is 31.5. The predicted octanol–water partition coefficient (Wildman–Crippen LogP) is 13.1. The molecular weight excluding hydrogens is 817 g/mol. The highest BCUT2D eigenvalue weighted by atomic mass is 16.6. The van der Waals surface area contributed by atoms with Gasteiger partial charge in [0.1, 0.15) is 29.6 Å². The van der Waals surface area contributed by atoms with Crippen molar-refractivity contribution in [2.24, 2.45) is 0 Å². The van der Waals surface area contributed by atoms with E-state index in [1.165, 1.54) is 6.07 Å². The van der Waals surface area contributed by atoms with E-state index in [0.29, 0.717) is 39.9 Å². The van der Waals surface area contributed by atoms with E-state index >= 15 is 0 Å². The molecule has 0 radical (unpaired) electrons. The molecule has 322 valence electrons. The molecule has 0 fully saturated rings. The summed E-state index contributed by atoms with van der Waals surface area (Å²) in [6, 6.07) is 59.2. The van der Waals surface area contributed by atoms with Gasteiger partial charge in [-0.15, -0.1) is 0 Å². The Hall–Kier alpha value is -8.47. The summed E-state index contributed by atoms with van der Waals surface area (Å²) in [7, 11) is 0. The number of carbonyl (C=O) groups excluding carboxylic acids is 1. The molecule has 0 aliphatic rings. The van der Waals surface area contributed by atoms with Crippen LogP contribution >= 0.6 is 0 Å². The first-order valence-electron chi connectivity index (χ1n) is 20.8. The van der Waals surface area contributed by atoms with Crippen molar-refractivity contribution in [2.75, 3.05) is 10.8 Å². The lowest BCUT2D eigenvalue weighted by molar-refractivity contribution is 0.0682. The summed E-state index contributed by atoms with van der Waals surface area (Å²) in [5, 5.41) is 22.3. The van der Waals surface area contributed by atoms with Gasteiger partial charge in [0.15, 0.2) is 0 Å². The smallest absolute Gasteiger partial charge is 0.336 e. The number of ether oxygens (including phenoxy) is 2. The molecule has 0 aromatic heterocycles. The molecule has 1 amide bonds. The average molecular weight is 861 g/mol. The molecule has 0 unspecified atom stereocenters. The summed E-state index contributed by atoms with van der Waals surface area (Å²) in [5.74, 6) is -0.200. The molecule has 8 rings (SSSR count). The number of amides is 1. The van der Waals surface area contributed by atoms with Crippen LogP contribution in [0.15, 0.2) is 194 Å². The molecule has 4 N–H and O–H groups in total. The van der Waals surface area contributed by atoms with Crippen molar-refractivity contribution in [3.8, 4) is 45.3 Å². The molecule has 10 heteroatoms. The first kappa shape index (κ1) is 43.2. The van der Waals surface area contributed by atoms with Crippen molar-refractivity contribution in [1.29, 1.82) is 0 Å². The number of benzene rings is 8. The third-order valence-corrected chi connectivity index (χ3v) is 11.1. The minimum absolute atomic E-state index is 0.0491. The second-order valence-corrected chi connectivity index (χ2v) is 15.7. The van der Waals surface area contributed by atoms with E-state index in [1.807, 2.05) is 140 Å². The van der Waals surface area contributed by atoms with Gasteiger partial charge in [-0.1, -0.05) is 111 Å². The Kier molecular flexibility index (Phi) is 12.8. The zero-order valence-electron chi connectivity index (χ0n) is 35.5. The van der Waals surface area contributed by atoms with E-state index in [2.05, 4.69) is 24.6 Å². The van der Waals surface area contributed by atoms with Crippen LogP contribution in [0, 0.1) is 0 Å². The molecule has 0 spiro atoms. The maximum Gasteiger partial charge on any atom is 0.336 e. The van der Waals surface area contributed by atoms with E-state index in [1.54, 1.807) is 48.5 Å². The molecule has 0 heterocycles. The van der Waals surface area contributed by atoms with Crippen LogP contribution < -0.4 is 20.3 Å². The third kappa shape index (κ3) is 10.4. The highest BCUT2D eigenvalue weighted by molar-refractivity contribution is 6.11. The Morgan fingerprint density at radius 1 is 0.462 bits per heavy atom. The number of nitrogens with one attached hydrogen (secondary N) is 2. The van der Waals surface area contributed by atoms with Gasteiger partial charge in [0.05, 0.1) is 22.4 Å². The van der Waals surface area contributed by atoms with Gasteiger partial charge in [-0.05, 0) is 136 Å². The van der Waals surface area contributed by atoms with Gasteiger partial charge < -0.3 is 25.0 Å². The fourth-order valence-electron chi connectivity index (χ4n) is 7.37. The van der Waals surface area contributed by atoms with Crippen molar-refractivity contribution in [2.45, 2.75) is 25.9 Å². The minimum Gasteiger partial charge on any atom is -0.478 e. The molecule has 10 nitrogen and oxygen atoms in total. The number of hydrogen-bond donors (Lipinski definition) is 4. The van der Waals surface area contributed by atoms with E-state index < -0.39 is 17.8 Å². The highest BCUT2D eigenvalue weighted by Gasteiger charge is 2.24. The summed E-state index contributed by atoms with van der Waals surface area (Å²) < 4.78 is 12.3. The van der Waals surface area contributed by atoms with Gasteiger partial charge in [0.25, 0.3) is 5.91 Å². The molecule has 0 saturated heterocycles. The van der Waals surface area contributed by atoms with Crippen molar-refractivity contribution >= 4 is 29.2 Å². The van der Waals surface area contributed by atoms with Crippen LogP contribution in [0.5, 0.6) is 23.0 Å². The summed E-state index contributed by atoms with van der Waals surface area (Å²) in [6.45, 7) is 4.35. The average Bonchev–Trinajstić information content (AvgIpc) is 3.33. The number of rotatable bonds is 16. The molecule has 0 aliphatic heterocycles. The summed E-state index contributed by atoms with van der Waals surface area (Å²) in [5.41, 5.74) is 10.1. The van der Waals surface area contributed by atoms with Crippen molar-refractivity contribution < 1.29 is 38.9 Å². The quantitative estimate of drug-likeness (QED) is 0.0698. The summed E-state index contributed by atoms with van der Waals surface area (Å²) in [4.78, 5) is 42.8. The zero-order valence-corrected chi connectivity index (χ0v) is 35.5. The van der Waals surface area contributed by atoms with Crippen molar-refractivity contribution in [1.82, 2.24) is 0 Å². The molecule has 8 aromatic rings. The van der Waals surface area contributed by atoms with Crippen LogP contribution in [0.2, 0.25) is 0 Å². The summed E-state index contributed by atoms with van der Waals surface area (Å²) >= 11 is 0. The molecule has 0 aliphatic carbocycles. The standard InChI is InChI=1S/C55H44N2O8/c1-55(2,41-15-23-45(24-16-41)64-47-27-19-43(20-28-47)56-52(58)51-34-39(14-32-50(51)54(61)62)37-11-7-4-8-12-37)42-17-25-46(26-18-42)65-48-29-21-44(22-30-48)57-63-35-40-33-38(13-31-49(40)53(59)60)36-9-5-3-6-10-36/h3-34,57H,35H2,1-2H3,(H,56,58)(H,59,60)(H,61,62). The molecule has 0 saturated carbocycles. The third-order valence-electron chi connectivity index (χ3n) is 11.1. The second-order valence-electron chi connectivity index (χ2n) is 15.7. The molecule has 8 aromatic carbocycles. The minimum atomic E-state index is -1.18. The van der Waals surface area contributed by atoms with Gasteiger partial charge in [0, 0.05) is 11.1 Å². The Morgan fingerprint density at radius 3 is 1.37 bits per heavy atom. The van der Waals surface area contributed by atoms with Gasteiger partial charge in [-0.2, -0.15) is 0 Å². The maximum atomic E-state index is 13.3. The van der Waals surface area contributed by atoms with Gasteiger partial charge in [-0.25, -0.2) is 9.59 Å². The lowest BCUT2D eigenvalue weighted by Gasteiger charge is -2.26. The maximum absolute atomic E-state index is 13.3. The van der Waals surface area contributed by atoms with Crippen LogP contribution in [0.3, 0.4) is 0 Å². The molecule has 0 atom stereocenters. The van der Waals surface area contributed by atoms with Crippen molar-refractivity contribution in [3.05, 3.63) is 228 Å². The number of carboxylic acids is 2. The fraction of sp³-hybridized carbons (Fsp3) is 0.0727. The normalized spacial score (nSPS) is 11.0. The molecule has 65 heavy (non-hydrogen) atoms. The van der Waals surface area contributed by atoms with Crippen molar-refractivity contribution in [3.63, 3.8) is 0 Å². The zero-order chi connectivity index (χ0) is 45.3. The molecule has 0 bridgehead atoms. The number of carbonyl (C=O) groups is 3. The van der Waals surface area contributed by atoms with E-state index in [9.17, 15) is 24.6 Å². The van der Waals surface area contributed by atoms with Crippen LogP contribution in [0.1, 0.15) is 61.6 Å². The van der Waals surface area contributed by atoms with Gasteiger partial charge >= 0.3 is 11.9 Å². The topological polar surface area (TPSA) is 143 Å². The first-order valence-corrected chi connectivity index (χ1v) is 20.8. The monoisotopic (exact) mass is 860 g/mol. The number of hydrogen-bond acceptors (Lipinski definition) is 7. The van der Waals surface area contributed by atoms with E-state index in [-0.39, 0.29) is 28.7 Å². The lowest BCUT2D eigenvalue weighted by Crippen LogP contribution is -2.18. The number of aromatic carboxylic acids is 2. The van der Waals surface area contributed by atoms with Crippen LogP contribution in [-0.4, -0.2) is 28.1 Å². The Labute approximate surface area is 376 Å². The Bertz CT molecular complexity index is 2940.